The molecule has 5 nitrogen and oxygen atoms in total. The first-order valence-electron chi connectivity index (χ1n) is 3.89. The molecule has 1 heterocycles. The van der Waals surface area contributed by atoms with Gasteiger partial charge >= 0.3 is 0 Å². The number of nitrogens with zero attached hydrogens (tertiary/aromatic N) is 4. The standard InChI is InChI=1S/C7H13N5/c1-12(6-2-3-8)7-9-4-5-10-11-7/h4-5H,2-3,6,8H2,1H3. The van der Waals surface area contributed by atoms with E-state index in [4.69, 9.17) is 5.73 Å². The number of nitrogens with two attached hydrogens (primary N) is 1. The van der Waals surface area contributed by atoms with Crippen molar-refractivity contribution in [2.75, 3.05) is 25.0 Å². The van der Waals surface area contributed by atoms with Gasteiger partial charge in [-0.15, -0.1) is 5.10 Å². The second kappa shape index (κ2) is 4.61. The lowest BCUT2D eigenvalue weighted by atomic mass is 10.4. The van der Waals surface area contributed by atoms with Gasteiger partial charge in [0.1, 0.15) is 0 Å². The van der Waals surface area contributed by atoms with E-state index in [-0.39, 0.29) is 0 Å². The van der Waals surface area contributed by atoms with Crippen LogP contribution in [0.1, 0.15) is 6.42 Å². The fourth-order valence-corrected chi connectivity index (χ4v) is 0.844. The van der Waals surface area contributed by atoms with Crippen molar-refractivity contribution < 1.29 is 0 Å². The van der Waals surface area contributed by atoms with Crippen molar-refractivity contribution in [1.82, 2.24) is 15.2 Å². The molecule has 0 bridgehead atoms. The van der Waals surface area contributed by atoms with Crippen molar-refractivity contribution in [3.63, 3.8) is 0 Å². The molecule has 0 atom stereocenters. The van der Waals surface area contributed by atoms with Gasteiger partial charge in [0.05, 0.1) is 12.4 Å². The molecule has 1 aromatic rings. The van der Waals surface area contributed by atoms with Crippen LogP contribution in [0.4, 0.5) is 5.95 Å². The Hall–Kier alpha value is -1.23. The quantitative estimate of drug-likeness (QED) is 0.664. The molecule has 0 fully saturated rings. The zero-order valence-electron chi connectivity index (χ0n) is 7.14. The van der Waals surface area contributed by atoms with Crippen LogP contribution in [-0.4, -0.2) is 35.3 Å². The van der Waals surface area contributed by atoms with Crippen molar-refractivity contribution in [2.45, 2.75) is 6.42 Å². The van der Waals surface area contributed by atoms with Crippen molar-refractivity contribution in [3.05, 3.63) is 12.4 Å². The fourth-order valence-electron chi connectivity index (χ4n) is 0.844. The third kappa shape index (κ3) is 2.43. The van der Waals surface area contributed by atoms with Gasteiger partial charge < -0.3 is 10.6 Å². The largest absolute Gasteiger partial charge is 0.343 e. The Labute approximate surface area is 71.6 Å². The van der Waals surface area contributed by atoms with Crippen LogP contribution in [0.15, 0.2) is 12.4 Å². The number of aromatic nitrogens is 3. The van der Waals surface area contributed by atoms with Gasteiger partial charge in [0.15, 0.2) is 0 Å². The van der Waals surface area contributed by atoms with Crippen molar-refractivity contribution in [3.8, 4) is 0 Å². The Morgan fingerprint density at radius 1 is 1.50 bits per heavy atom. The Morgan fingerprint density at radius 2 is 2.33 bits per heavy atom. The minimum absolute atomic E-state index is 0.644. The number of rotatable bonds is 4. The second-order valence-corrected chi connectivity index (χ2v) is 2.51. The first-order chi connectivity index (χ1) is 5.84. The predicted octanol–water partition coefficient (Wildman–Crippen LogP) is -0.343. The predicted molar refractivity (Wildman–Crippen MR) is 46.8 cm³/mol. The SMILES string of the molecule is CN(CCCN)c1nccnn1. The molecule has 0 aliphatic heterocycles. The molecule has 5 heteroatoms. The third-order valence-corrected chi connectivity index (χ3v) is 1.51. The molecule has 0 amide bonds. The Morgan fingerprint density at radius 3 is 2.92 bits per heavy atom. The van der Waals surface area contributed by atoms with Crippen LogP contribution in [0, 0.1) is 0 Å². The van der Waals surface area contributed by atoms with Gasteiger partial charge in [-0.3, -0.25) is 0 Å². The lowest BCUT2D eigenvalue weighted by molar-refractivity contribution is 0.762. The van der Waals surface area contributed by atoms with Gasteiger partial charge in [-0.25, -0.2) is 4.98 Å². The van der Waals surface area contributed by atoms with E-state index in [9.17, 15) is 0 Å². The summed E-state index contributed by atoms with van der Waals surface area (Å²) in [6.45, 7) is 1.55. The molecule has 12 heavy (non-hydrogen) atoms. The van der Waals surface area contributed by atoms with Gasteiger partial charge in [-0.1, -0.05) is 0 Å². The maximum absolute atomic E-state index is 5.37. The molecule has 0 radical (unpaired) electrons. The number of hydrogen-bond acceptors (Lipinski definition) is 5. The molecule has 0 aliphatic carbocycles. The summed E-state index contributed by atoms with van der Waals surface area (Å²) in [6, 6.07) is 0. The van der Waals surface area contributed by atoms with Crippen molar-refractivity contribution in [1.29, 1.82) is 0 Å². The van der Waals surface area contributed by atoms with Gasteiger partial charge in [-0.05, 0) is 13.0 Å². The average Bonchev–Trinajstić information content (AvgIpc) is 2.15. The van der Waals surface area contributed by atoms with E-state index in [1.54, 1.807) is 12.4 Å². The zero-order valence-corrected chi connectivity index (χ0v) is 7.14. The molecule has 0 unspecified atom stereocenters. The third-order valence-electron chi connectivity index (χ3n) is 1.51. The molecule has 66 valence electrons. The van der Waals surface area contributed by atoms with E-state index in [1.807, 2.05) is 11.9 Å². The number of hydrogen-bond donors (Lipinski definition) is 1. The van der Waals surface area contributed by atoms with Crippen molar-refractivity contribution >= 4 is 5.95 Å². The highest BCUT2D eigenvalue weighted by atomic mass is 15.3. The van der Waals surface area contributed by atoms with Crippen LogP contribution in [0.25, 0.3) is 0 Å². The molecule has 0 aliphatic rings. The normalized spacial score (nSPS) is 9.83. The Kier molecular flexibility index (Phi) is 3.40. The first-order valence-corrected chi connectivity index (χ1v) is 3.89. The lowest BCUT2D eigenvalue weighted by Gasteiger charge is -2.14. The summed E-state index contributed by atoms with van der Waals surface area (Å²) in [7, 11) is 1.92. The Balaban J connectivity index is 2.48. The molecule has 0 saturated carbocycles. The van der Waals surface area contributed by atoms with E-state index in [0.29, 0.717) is 12.5 Å². The summed E-state index contributed by atoms with van der Waals surface area (Å²) in [6.07, 6.45) is 4.12. The highest BCUT2D eigenvalue weighted by molar-refractivity contribution is 5.24. The molecule has 0 aromatic carbocycles. The number of anilines is 1. The minimum Gasteiger partial charge on any atom is -0.343 e. The van der Waals surface area contributed by atoms with Gasteiger partial charge in [0.25, 0.3) is 0 Å². The van der Waals surface area contributed by atoms with E-state index < -0.39 is 0 Å². The van der Waals surface area contributed by atoms with Crippen molar-refractivity contribution in [2.24, 2.45) is 5.73 Å². The summed E-state index contributed by atoms with van der Waals surface area (Å²) in [4.78, 5) is 5.97. The summed E-state index contributed by atoms with van der Waals surface area (Å²) in [5, 5.41) is 7.58. The van der Waals surface area contributed by atoms with E-state index in [0.717, 1.165) is 13.0 Å². The topological polar surface area (TPSA) is 67.9 Å². The molecule has 2 N–H and O–H groups in total. The molecular weight excluding hydrogens is 154 g/mol. The van der Waals surface area contributed by atoms with E-state index in [1.165, 1.54) is 0 Å². The summed E-state index contributed by atoms with van der Waals surface area (Å²) >= 11 is 0. The minimum atomic E-state index is 0.644. The zero-order chi connectivity index (χ0) is 8.81. The average molecular weight is 167 g/mol. The van der Waals surface area contributed by atoms with Crippen LogP contribution < -0.4 is 10.6 Å². The summed E-state index contributed by atoms with van der Waals surface area (Å²) in [5.41, 5.74) is 5.37. The smallest absolute Gasteiger partial charge is 0.245 e. The highest BCUT2D eigenvalue weighted by Crippen LogP contribution is 1.99. The molecule has 1 aromatic heterocycles. The molecule has 0 spiro atoms. The van der Waals surface area contributed by atoms with Crippen LogP contribution >= 0.6 is 0 Å². The van der Waals surface area contributed by atoms with Crippen LogP contribution in [0.2, 0.25) is 0 Å². The summed E-state index contributed by atoms with van der Waals surface area (Å²) < 4.78 is 0. The van der Waals surface area contributed by atoms with Crippen LogP contribution in [-0.2, 0) is 0 Å². The van der Waals surface area contributed by atoms with Gasteiger partial charge in [0.2, 0.25) is 5.95 Å². The first kappa shape index (κ1) is 8.86. The monoisotopic (exact) mass is 167 g/mol. The maximum atomic E-state index is 5.37. The van der Waals surface area contributed by atoms with Gasteiger partial charge in [-0.2, -0.15) is 5.10 Å². The fraction of sp³-hybridized carbons (Fsp3) is 0.571. The molecule has 0 saturated heterocycles. The van der Waals surface area contributed by atoms with E-state index >= 15 is 0 Å². The van der Waals surface area contributed by atoms with Crippen LogP contribution in [0.5, 0.6) is 0 Å². The van der Waals surface area contributed by atoms with E-state index in [2.05, 4.69) is 15.2 Å². The maximum Gasteiger partial charge on any atom is 0.245 e. The van der Waals surface area contributed by atoms with Gasteiger partial charge in [0, 0.05) is 13.6 Å². The Bertz CT molecular complexity index is 212. The highest BCUT2D eigenvalue weighted by Gasteiger charge is 2.01. The molecular formula is C7H13N5. The lowest BCUT2D eigenvalue weighted by Crippen LogP contribution is -2.23. The molecule has 1 rings (SSSR count). The second-order valence-electron chi connectivity index (χ2n) is 2.51. The summed E-state index contributed by atoms with van der Waals surface area (Å²) in [5.74, 6) is 0.644. The van der Waals surface area contributed by atoms with Crippen LogP contribution in [0.3, 0.4) is 0 Å².